The van der Waals surface area contributed by atoms with Crippen molar-refractivity contribution in [3.8, 4) is 0 Å². The molecule has 6 aromatic carbocycles. The summed E-state index contributed by atoms with van der Waals surface area (Å²) in [4.78, 5) is 45.1. The molecule has 0 bridgehead atoms. The van der Waals surface area contributed by atoms with E-state index >= 15 is 4.79 Å². The Hall–Kier alpha value is -6.55. The predicted octanol–water partition coefficient (Wildman–Crippen LogP) is 7.57. The molecule has 9 heteroatoms. The SMILES string of the molecule is O=C(Nc1ccccc1)c1cccc(CN2C(=O)N(Cc3cccc(C(=O)Nc4ccccc4)c3)[C@H](Cc3ccccc3)[C@H](O)[C@@H](O)[C@H]2Cc2ccccc2)c1. The van der Waals surface area contributed by atoms with Crippen molar-refractivity contribution in [2.45, 2.75) is 50.2 Å². The molecule has 0 unspecified atom stereocenters. The van der Waals surface area contributed by atoms with Gasteiger partial charge in [0, 0.05) is 35.6 Å². The van der Waals surface area contributed by atoms with Gasteiger partial charge in [-0.1, -0.05) is 121 Å². The number of hydrogen-bond donors (Lipinski definition) is 4. The van der Waals surface area contributed by atoms with Crippen LogP contribution in [-0.2, 0) is 25.9 Å². The van der Waals surface area contributed by atoms with E-state index in [-0.39, 0.29) is 43.8 Å². The topological polar surface area (TPSA) is 122 Å². The average molecular weight is 745 g/mol. The number of para-hydroxylation sites is 2. The Morgan fingerprint density at radius 3 is 1.18 bits per heavy atom. The summed E-state index contributed by atoms with van der Waals surface area (Å²) in [6, 6.07) is 49.7. The lowest BCUT2D eigenvalue weighted by molar-refractivity contribution is -0.0408. The Labute approximate surface area is 326 Å². The molecule has 56 heavy (non-hydrogen) atoms. The summed E-state index contributed by atoms with van der Waals surface area (Å²) in [5.74, 6) is -0.588. The molecule has 4 amide bonds. The second kappa shape index (κ2) is 17.7. The lowest BCUT2D eigenvalue weighted by Gasteiger charge is -2.36. The highest BCUT2D eigenvalue weighted by Gasteiger charge is 2.46. The molecule has 1 aliphatic rings. The number of nitrogens with zero attached hydrogens (tertiary/aromatic N) is 2. The maximum atomic E-state index is 15.2. The molecule has 0 radical (unpaired) electrons. The molecular weight excluding hydrogens is 701 g/mol. The van der Waals surface area contributed by atoms with Crippen molar-refractivity contribution in [2.24, 2.45) is 0 Å². The van der Waals surface area contributed by atoms with Gasteiger partial charge in [0.15, 0.2) is 0 Å². The number of amides is 4. The van der Waals surface area contributed by atoms with E-state index in [2.05, 4.69) is 10.6 Å². The maximum absolute atomic E-state index is 15.2. The summed E-state index contributed by atoms with van der Waals surface area (Å²) in [5.41, 5.74) is 5.29. The number of aliphatic hydroxyl groups is 2. The van der Waals surface area contributed by atoms with Gasteiger partial charge in [-0.15, -0.1) is 0 Å². The minimum Gasteiger partial charge on any atom is -0.388 e. The summed E-state index contributed by atoms with van der Waals surface area (Å²) in [5, 5.41) is 30.2. The van der Waals surface area contributed by atoms with Gasteiger partial charge < -0.3 is 30.6 Å². The smallest absolute Gasteiger partial charge is 0.321 e. The molecule has 7 rings (SSSR count). The van der Waals surface area contributed by atoms with Gasteiger partial charge in [-0.3, -0.25) is 9.59 Å². The minimum atomic E-state index is -1.33. The molecule has 6 aromatic rings. The number of nitrogens with one attached hydrogen (secondary N) is 2. The number of aliphatic hydroxyl groups excluding tert-OH is 2. The molecule has 0 saturated carbocycles. The number of benzene rings is 6. The van der Waals surface area contributed by atoms with Gasteiger partial charge >= 0.3 is 6.03 Å². The predicted molar refractivity (Wildman–Crippen MR) is 218 cm³/mol. The Morgan fingerprint density at radius 2 is 0.804 bits per heavy atom. The Kier molecular flexibility index (Phi) is 11.9. The lowest BCUT2D eigenvalue weighted by atomic mass is 9.90. The highest BCUT2D eigenvalue weighted by atomic mass is 16.3. The van der Waals surface area contributed by atoms with Crippen LogP contribution >= 0.6 is 0 Å². The zero-order valence-electron chi connectivity index (χ0n) is 30.8. The zero-order valence-corrected chi connectivity index (χ0v) is 30.8. The Morgan fingerprint density at radius 1 is 0.464 bits per heavy atom. The van der Waals surface area contributed by atoms with Gasteiger partial charge in [0.1, 0.15) is 12.2 Å². The maximum Gasteiger partial charge on any atom is 0.321 e. The molecular formula is C47H44N4O5. The van der Waals surface area contributed by atoms with Crippen molar-refractivity contribution in [3.63, 3.8) is 0 Å². The third-order valence-electron chi connectivity index (χ3n) is 10.2. The molecule has 0 aliphatic carbocycles. The summed E-state index contributed by atoms with van der Waals surface area (Å²) in [6.45, 7) is 0.112. The molecule has 1 heterocycles. The first-order valence-electron chi connectivity index (χ1n) is 18.7. The van der Waals surface area contributed by atoms with E-state index in [1.807, 2.05) is 133 Å². The number of rotatable bonds is 12. The molecule has 0 spiro atoms. The third-order valence-corrected chi connectivity index (χ3v) is 10.2. The summed E-state index contributed by atoms with van der Waals surface area (Å²) in [6.07, 6.45) is -2.10. The van der Waals surface area contributed by atoms with Crippen LogP contribution in [0.4, 0.5) is 16.2 Å². The molecule has 4 atom stereocenters. The molecule has 4 N–H and O–H groups in total. The van der Waals surface area contributed by atoms with Crippen LogP contribution in [0.25, 0.3) is 0 Å². The van der Waals surface area contributed by atoms with E-state index in [4.69, 9.17) is 0 Å². The number of anilines is 2. The van der Waals surface area contributed by atoms with Gasteiger partial charge in [0.2, 0.25) is 0 Å². The van der Waals surface area contributed by atoms with Crippen molar-refractivity contribution < 1.29 is 24.6 Å². The van der Waals surface area contributed by atoms with E-state index in [0.29, 0.717) is 33.6 Å². The summed E-state index contributed by atoms with van der Waals surface area (Å²) < 4.78 is 0. The van der Waals surface area contributed by atoms with E-state index in [1.165, 1.54) is 0 Å². The molecule has 9 nitrogen and oxygen atoms in total. The van der Waals surface area contributed by atoms with Crippen molar-refractivity contribution in [1.82, 2.24) is 9.80 Å². The van der Waals surface area contributed by atoms with Crippen LogP contribution in [0.5, 0.6) is 0 Å². The zero-order chi connectivity index (χ0) is 38.9. The van der Waals surface area contributed by atoms with E-state index in [1.54, 1.807) is 46.2 Å². The first kappa shape index (κ1) is 37.8. The van der Waals surface area contributed by atoms with Crippen molar-refractivity contribution in [1.29, 1.82) is 0 Å². The van der Waals surface area contributed by atoms with Crippen LogP contribution in [0.3, 0.4) is 0 Å². The molecule has 1 saturated heterocycles. The first-order chi connectivity index (χ1) is 27.3. The van der Waals surface area contributed by atoms with Crippen molar-refractivity contribution in [2.75, 3.05) is 10.6 Å². The molecule has 282 valence electrons. The van der Waals surface area contributed by atoms with Crippen LogP contribution in [0.15, 0.2) is 170 Å². The fraction of sp³-hybridized carbons (Fsp3) is 0.170. The quantitative estimate of drug-likeness (QED) is 0.103. The summed E-state index contributed by atoms with van der Waals surface area (Å²) >= 11 is 0. The van der Waals surface area contributed by atoms with Crippen LogP contribution in [0, 0.1) is 0 Å². The lowest BCUT2D eigenvalue weighted by Crippen LogP contribution is -2.50. The fourth-order valence-corrected chi connectivity index (χ4v) is 7.28. The highest BCUT2D eigenvalue weighted by molar-refractivity contribution is 6.05. The largest absolute Gasteiger partial charge is 0.388 e. The van der Waals surface area contributed by atoms with Gasteiger partial charge in [-0.2, -0.15) is 0 Å². The van der Waals surface area contributed by atoms with Gasteiger partial charge in [0.25, 0.3) is 11.8 Å². The highest BCUT2D eigenvalue weighted by Crippen LogP contribution is 2.30. The second-order valence-corrected chi connectivity index (χ2v) is 14.1. The van der Waals surface area contributed by atoms with Gasteiger partial charge in [-0.05, 0) is 83.6 Å². The summed E-state index contributed by atoms with van der Waals surface area (Å²) in [7, 11) is 0. The van der Waals surface area contributed by atoms with E-state index in [9.17, 15) is 19.8 Å². The van der Waals surface area contributed by atoms with Gasteiger partial charge in [0.05, 0.1) is 12.1 Å². The van der Waals surface area contributed by atoms with Crippen LogP contribution in [-0.4, -0.2) is 62.1 Å². The first-order valence-corrected chi connectivity index (χ1v) is 18.7. The van der Waals surface area contributed by atoms with Crippen LogP contribution < -0.4 is 10.6 Å². The third kappa shape index (κ3) is 9.21. The minimum absolute atomic E-state index is 0.0562. The number of carbonyl (C=O) groups is 3. The fourth-order valence-electron chi connectivity index (χ4n) is 7.28. The number of carbonyl (C=O) groups excluding carboxylic acids is 3. The van der Waals surface area contributed by atoms with Crippen molar-refractivity contribution in [3.05, 3.63) is 203 Å². The number of urea groups is 1. The Bertz CT molecular complexity index is 2080. The van der Waals surface area contributed by atoms with Crippen molar-refractivity contribution >= 4 is 29.2 Å². The van der Waals surface area contributed by atoms with E-state index < -0.39 is 24.3 Å². The molecule has 1 fully saturated rings. The van der Waals surface area contributed by atoms with Crippen LogP contribution in [0.1, 0.15) is 43.0 Å². The monoisotopic (exact) mass is 744 g/mol. The van der Waals surface area contributed by atoms with E-state index in [0.717, 1.165) is 11.1 Å². The van der Waals surface area contributed by atoms with Crippen LogP contribution in [0.2, 0.25) is 0 Å². The molecule has 1 aliphatic heterocycles. The second-order valence-electron chi connectivity index (χ2n) is 14.1. The normalized spacial score (nSPS) is 18.2. The Balaban J connectivity index is 1.25. The standard InChI is InChI=1S/C47H44N4O5/c52-43-41(29-33-15-5-1-6-16-33)50(31-35-19-13-21-37(27-35)45(54)48-39-23-9-3-10-24-39)47(56)51(42(44(43)53)30-34-17-7-2-8-18-34)32-36-20-14-22-38(28-36)46(55)49-40-25-11-4-12-26-40/h1-28,41-44,52-53H,29-32H2,(H,48,54)(H,49,55)/t41-,42-,43+,44+/m1/s1. The number of hydrogen-bond acceptors (Lipinski definition) is 5. The average Bonchev–Trinajstić information content (AvgIpc) is 3.29. The van der Waals surface area contributed by atoms with Gasteiger partial charge in [-0.25, -0.2) is 4.79 Å². The molecule has 0 aromatic heterocycles.